The number of fused-ring (bicyclic) bond motifs is 1. The van der Waals surface area contributed by atoms with Gasteiger partial charge < -0.3 is 10.4 Å². The predicted octanol–water partition coefficient (Wildman–Crippen LogP) is 1.99. The van der Waals surface area contributed by atoms with Gasteiger partial charge in [0.2, 0.25) is 0 Å². The number of carbonyl (C=O) groups excluding carboxylic acids is 1. The van der Waals surface area contributed by atoms with E-state index in [-0.39, 0.29) is 6.42 Å². The number of benzene rings is 1. The first-order valence-electron chi connectivity index (χ1n) is 6.12. The highest BCUT2D eigenvalue weighted by Crippen LogP contribution is 2.16. The maximum absolute atomic E-state index is 12.2. The monoisotopic (exact) mass is 270 g/mol. The molecule has 0 aliphatic heterocycles. The molecule has 0 bridgehead atoms. The molecule has 1 unspecified atom stereocenters. The third-order valence-electron chi connectivity index (χ3n) is 2.90. The molecule has 0 aliphatic rings. The van der Waals surface area contributed by atoms with Gasteiger partial charge in [-0.05, 0) is 24.6 Å². The number of carboxylic acid groups (broad SMARTS) is 1. The molecule has 20 heavy (non-hydrogen) atoms. The van der Waals surface area contributed by atoms with Gasteiger partial charge in [0.1, 0.15) is 6.04 Å². The third kappa shape index (κ3) is 2.83. The van der Waals surface area contributed by atoms with Gasteiger partial charge in [0.05, 0.1) is 5.52 Å². The molecule has 2 aromatic rings. The summed E-state index contributed by atoms with van der Waals surface area (Å²) in [5.74, 6) is -1.52. The van der Waals surface area contributed by atoms with Crippen LogP contribution in [-0.2, 0) is 4.79 Å². The van der Waals surface area contributed by atoms with Crippen LogP contribution in [0, 0.1) is 0 Å². The third-order valence-corrected chi connectivity index (χ3v) is 2.90. The number of nitrogens with zero attached hydrogens (tertiary/aromatic N) is 1. The van der Waals surface area contributed by atoms with Gasteiger partial charge in [0, 0.05) is 17.1 Å². The van der Waals surface area contributed by atoms with E-state index in [1.807, 2.05) is 0 Å². The number of hydrogen-bond acceptors (Lipinski definition) is 3. The number of amides is 1. The zero-order valence-electron chi connectivity index (χ0n) is 10.7. The highest BCUT2D eigenvalue weighted by Gasteiger charge is 2.20. The summed E-state index contributed by atoms with van der Waals surface area (Å²) in [6.07, 6.45) is 3.27. The van der Waals surface area contributed by atoms with E-state index in [2.05, 4.69) is 16.9 Å². The van der Waals surface area contributed by atoms with Crippen molar-refractivity contribution in [1.82, 2.24) is 10.3 Å². The Kier molecular flexibility index (Phi) is 4.10. The molecule has 1 amide bonds. The standard InChI is InChI=1S/C15H14N2O3/c1-2-5-13(15(19)20)17-14(18)11-6-3-8-12-10(11)7-4-9-16-12/h2-4,6-9,13H,1,5H2,(H,17,18)(H,19,20). The summed E-state index contributed by atoms with van der Waals surface area (Å²) in [5.41, 5.74) is 1.10. The second-order valence-electron chi connectivity index (χ2n) is 4.26. The van der Waals surface area contributed by atoms with Crippen molar-refractivity contribution in [3.05, 3.63) is 54.7 Å². The molecular weight excluding hydrogens is 256 g/mol. The van der Waals surface area contributed by atoms with Crippen molar-refractivity contribution in [3.8, 4) is 0 Å². The minimum atomic E-state index is -1.09. The van der Waals surface area contributed by atoms with Crippen molar-refractivity contribution in [3.63, 3.8) is 0 Å². The fourth-order valence-electron chi connectivity index (χ4n) is 1.93. The van der Waals surface area contributed by atoms with Crippen molar-refractivity contribution in [2.75, 3.05) is 0 Å². The van der Waals surface area contributed by atoms with E-state index in [0.717, 1.165) is 0 Å². The summed E-state index contributed by atoms with van der Waals surface area (Å²) >= 11 is 0. The molecule has 2 N–H and O–H groups in total. The lowest BCUT2D eigenvalue weighted by Gasteiger charge is -2.13. The minimum Gasteiger partial charge on any atom is -0.480 e. The zero-order chi connectivity index (χ0) is 14.5. The summed E-state index contributed by atoms with van der Waals surface area (Å²) in [7, 11) is 0. The molecule has 5 heteroatoms. The van der Waals surface area contributed by atoms with Crippen molar-refractivity contribution >= 4 is 22.8 Å². The van der Waals surface area contributed by atoms with Gasteiger partial charge in [0.15, 0.2) is 0 Å². The molecule has 1 aromatic heterocycles. The Morgan fingerprint density at radius 3 is 2.85 bits per heavy atom. The van der Waals surface area contributed by atoms with Gasteiger partial charge in [-0.1, -0.05) is 18.2 Å². The topological polar surface area (TPSA) is 79.3 Å². The number of nitrogens with one attached hydrogen (secondary N) is 1. The second-order valence-corrected chi connectivity index (χ2v) is 4.26. The van der Waals surface area contributed by atoms with Crippen LogP contribution in [0.4, 0.5) is 0 Å². The molecule has 2 rings (SSSR count). The predicted molar refractivity (Wildman–Crippen MR) is 75.4 cm³/mol. The van der Waals surface area contributed by atoms with Crippen LogP contribution in [0.25, 0.3) is 10.9 Å². The fourth-order valence-corrected chi connectivity index (χ4v) is 1.93. The Morgan fingerprint density at radius 2 is 2.15 bits per heavy atom. The van der Waals surface area contributed by atoms with Crippen molar-refractivity contribution in [2.45, 2.75) is 12.5 Å². The van der Waals surface area contributed by atoms with Crippen LogP contribution in [0.1, 0.15) is 16.8 Å². The molecule has 0 saturated heterocycles. The van der Waals surface area contributed by atoms with Crippen LogP contribution in [0.5, 0.6) is 0 Å². The van der Waals surface area contributed by atoms with Crippen molar-refractivity contribution < 1.29 is 14.7 Å². The maximum Gasteiger partial charge on any atom is 0.326 e. The molecule has 0 aliphatic carbocycles. The van der Waals surface area contributed by atoms with E-state index >= 15 is 0 Å². The van der Waals surface area contributed by atoms with E-state index in [1.54, 1.807) is 36.5 Å². The first-order valence-corrected chi connectivity index (χ1v) is 6.12. The molecule has 0 fully saturated rings. The van der Waals surface area contributed by atoms with Crippen molar-refractivity contribution in [1.29, 1.82) is 0 Å². The normalized spacial score (nSPS) is 11.8. The second kappa shape index (κ2) is 5.97. The quantitative estimate of drug-likeness (QED) is 0.814. The molecular formula is C15H14N2O3. The van der Waals surface area contributed by atoms with Gasteiger partial charge in [0.25, 0.3) is 5.91 Å². The van der Waals surface area contributed by atoms with Gasteiger partial charge in [-0.25, -0.2) is 4.79 Å². The first kappa shape index (κ1) is 13.7. The van der Waals surface area contributed by atoms with Gasteiger partial charge in [-0.15, -0.1) is 6.58 Å². The highest BCUT2D eigenvalue weighted by molar-refractivity contribution is 6.07. The lowest BCUT2D eigenvalue weighted by atomic mass is 10.1. The number of aliphatic carboxylic acids is 1. The van der Waals surface area contributed by atoms with Crippen molar-refractivity contribution in [2.24, 2.45) is 0 Å². The molecule has 5 nitrogen and oxygen atoms in total. The summed E-state index contributed by atoms with van der Waals surface area (Å²) in [5, 5.41) is 12.2. The van der Waals surface area contributed by atoms with Crippen LogP contribution in [0.3, 0.4) is 0 Å². The summed E-state index contributed by atoms with van der Waals surface area (Å²) in [4.78, 5) is 27.4. The number of aromatic nitrogens is 1. The fraction of sp³-hybridized carbons (Fsp3) is 0.133. The Labute approximate surface area is 115 Å². The van der Waals surface area contributed by atoms with Gasteiger partial charge in [-0.2, -0.15) is 0 Å². The first-order chi connectivity index (χ1) is 9.63. The molecule has 1 aromatic carbocycles. The highest BCUT2D eigenvalue weighted by atomic mass is 16.4. The van der Waals surface area contributed by atoms with Crippen LogP contribution in [-0.4, -0.2) is 28.0 Å². The molecule has 0 radical (unpaired) electrons. The van der Waals surface area contributed by atoms with E-state index in [9.17, 15) is 9.59 Å². The zero-order valence-corrected chi connectivity index (χ0v) is 10.7. The molecule has 102 valence electrons. The number of rotatable bonds is 5. The van der Waals surface area contributed by atoms with E-state index in [4.69, 9.17) is 5.11 Å². The van der Waals surface area contributed by atoms with Gasteiger partial charge >= 0.3 is 5.97 Å². The lowest BCUT2D eigenvalue weighted by Crippen LogP contribution is -2.40. The Balaban J connectivity index is 2.31. The maximum atomic E-state index is 12.2. The smallest absolute Gasteiger partial charge is 0.326 e. The lowest BCUT2D eigenvalue weighted by molar-refractivity contribution is -0.139. The van der Waals surface area contributed by atoms with Crippen LogP contribution >= 0.6 is 0 Å². The number of carbonyl (C=O) groups is 2. The van der Waals surface area contributed by atoms with Crippen LogP contribution < -0.4 is 5.32 Å². The van der Waals surface area contributed by atoms with Crippen LogP contribution in [0.2, 0.25) is 0 Å². The number of carboxylic acids is 1. The largest absolute Gasteiger partial charge is 0.480 e. The summed E-state index contributed by atoms with van der Waals surface area (Å²) in [6, 6.07) is 7.69. The molecule has 0 spiro atoms. The minimum absolute atomic E-state index is 0.171. The number of pyridine rings is 1. The van der Waals surface area contributed by atoms with Gasteiger partial charge in [-0.3, -0.25) is 9.78 Å². The van der Waals surface area contributed by atoms with E-state index in [1.165, 1.54) is 6.08 Å². The Hall–Kier alpha value is -2.69. The average Bonchev–Trinajstić information content (AvgIpc) is 2.46. The average molecular weight is 270 g/mol. The number of hydrogen-bond donors (Lipinski definition) is 2. The Morgan fingerprint density at radius 1 is 1.35 bits per heavy atom. The SMILES string of the molecule is C=CCC(NC(=O)c1cccc2ncccc12)C(=O)O. The van der Waals surface area contributed by atoms with Crippen LogP contribution in [0.15, 0.2) is 49.2 Å². The summed E-state index contributed by atoms with van der Waals surface area (Å²) < 4.78 is 0. The summed E-state index contributed by atoms with van der Waals surface area (Å²) in [6.45, 7) is 3.49. The molecule has 0 saturated carbocycles. The molecule has 1 heterocycles. The molecule has 1 atom stereocenters. The van der Waals surface area contributed by atoms with E-state index < -0.39 is 17.9 Å². The Bertz CT molecular complexity index is 662. The van der Waals surface area contributed by atoms with E-state index in [0.29, 0.717) is 16.5 Å².